The lowest BCUT2D eigenvalue weighted by molar-refractivity contribution is 0.0179. The lowest BCUT2D eigenvalue weighted by Gasteiger charge is -2.34. The highest BCUT2D eigenvalue weighted by Crippen LogP contribution is 2.27. The zero-order valence-corrected chi connectivity index (χ0v) is 17.7. The molecule has 2 fully saturated rings. The summed E-state index contributed by atoms with van der Waals surface area (Å²) < 4.78 is 18.8. The molecule has 1 aromatic rings. The summed E-state index contributed by atoms with van der Waals surface area (Å²) >= 11 is 0. The van der Waals surface area contributed by atoms with Gasteiger partial charge >= 0.3 is 0 Å². The Morgan fingerprint density at radius 2 is 1.92 bits per heavy atom. The minimum Gasteiger partial charge on any atom is -0.379 e. The Morgan fingerprint density at radius 1 is 1.23 bits per heavy atom. The van der Waals surface area contributed by atoms with Crippen molar-refractivity contribution in [3.63, 3.8) is 0 Å². The molecule has 1 unspecified atom stereocenters. The van der Waals surface area contributed by atoms with E-state index in [1.807, 2.05) is 12.1 Å². The van der Waals surface area contributed by atoms with Crippen molar-refractivity contribution in [1.82, 2.24) is 15.5 Å². The number of hydrogen-bond donors (Lipinski definition) is 2. The van der Waals surface area contributed by atoms with Gasteiger partial charge in [-0.25, -0.2) is 4.39 Å². The van der Waals surface area contributed by atoms with Gasteiger partial charge in [0.25, 0.3) is 0 Å². The molecule has 26 heavy (non-hydrogen) atoms. The first kappa shape index (κ1) is 21.4. The summed E-state index contributed by atoms with van der Waals surface area (Å²) in [6.07, 6.45) is 2.64. The maximum absolute atomic E-state index is 13.3. The van der Waals surface area contributed by atoms with E-state index < -0.39 is 0 Å². The number of rotatable bonds is 7. The molecule has 2 N–H and O–H groups in total. The number of aliphatic imine (C=N–C) groups is 1. The van der Waals surface area contributed by atoms with Crippen molar-refractivity contribution < 1.29 is 9.13 Å². The lowest BCUT2D eigenvalue weighted by atomic mass is 10.0. The Bertz CT molecular complexity index is 559. The summed E-state index contributed by atoms with van der Waals surface area (Å²) in [5.41, 5.74) is 1.10. The minimum absolute atomic E-state index is 0. The quantitative estimate of drug-likeness (QED) is 0.361. The largest absolute Gasteiger partial charge is 0.379 e. The molecule has 0 aromatic heterocycles. The number of hydrogen-bond acceptors (Lipinski definition) is 3. The van der Waals surface area contributed by atoms with Gasteiger partial charge in [-0.2, -0.15) is 0 Å². The fourth-order valence-electron chi connectivity index (χ4n) is 3.09. The van der Waals surface area contributed by atoms with Gasteiger partial charge in [0, 0.05) is 26.2 Å². The molecule has 1 aliphatic heterocycles. The fraction of sp³-hybridized carbons (Fsp3) is 0.632. The molecule has 7 heteroatoms. The molecule has 5 nitrogen and oxygen atoms in total. The van der Waals surface area contributed by atoms with E-state index in [1.165, 1.54) is 25.0 Å². The Hall–Kier alpha value is -0.930. The van der Waals surface area contributed by atoms with Crippen LogP contribution in [0.1, 0.15) is 31.4 Å². The van der Waals surface area contributed by atoms with Gasteiger partial charge in [-0.1, -0.05) is 12.1 Å². The molecule has 0 radical (unpaired) electrons. The molecule has 3 rings (SSSR count). The van der Waals surface area contributed by atoms with Crippen LogP contribution in [0.25, 0.3) is 0 Å². The first-order chi connectivity index (χ1) is 12.3. The SMILES string of the molecule is CCNC(=NCC(c1ccc(F)cc1)N1CCOCC1)NCC1CC1.I. The van der Waals surface area contributed by atoms with E-state index in [-0.39, 0.29) is 35.8 Å². The molecule has 0 spiro atoms. The Balaban J connectivity index is 0.00000243. The van der Waals surface area contributed by atoms with E-state index >= 15 is 0 Å². The number of morpholine rings is 1. The van der Waals surface area contributed by atoms with Crippen LogP contribution in [-0.2, 0) is 4.74 Å². The third kappa shape index (κ3) is 6.66. The van der Waals surface area contributed by atoms with Gasteiger partial charge in [0.1, 0.15) is 5.82 Å². The third-order valence-electron chi connectivity index (χ3n) is 4.76. The molecule has 0 amide bonds. The van der Waals surface area contributed by atoms with Crippen LogP contribution in [0.3, 0.4) is 0 Å². The van der Waals surface area contributed by atoms with Gasteiger partial charge in [-0.3, -0.25) is 9.89 Å². The standard InChI is InChI=1S/C19H29FN4O.HI/c1-2-21-19(22-13-15-3-4-15)23-14-18(24-9-11-25-12-10-24)16-5-7-17(20)8-6-16;/h5-8,15,18H,2-4,9-14H2,1H3,(H2,21,22,23);1H. The molecule has 146 valence electrons. The van der Waals surface area contributed by atoms with Gasteiger partial charge < -0.3 is 15.4 Å². The van der Waals surface area contributed by atoms with E-state index in [0.717, 1.165) is 56.8 Å². The average Bonchev–Trinajstić information content (AvgIpc) is 3.46. The monoisotopic (exact) mass is 476 g/mol. The third-order valence-corrected chi connectivity index (χ3v) is 4.76. The molecular formula is C19H30FIN4O. The van der Waals surface area contributed by atoms with Crippen LogP contribution in [-0.4, -0.2) is 56.8 Å². The molecule has 0 bridgehead atoms. The van der Waals surface area contributed by atoms with Crippen LogP contribution in [0.5, 0.6) is 0 Å². The molecule has 1 saturated carbocycles. The van der Waals surface area contributed by atoms with E-state index in [9.17, 15) is 4.39 Å². The Labute approximate surface area is 172 Å². The van der Waals surface area contributed by atoms with Gasteiger partial charge in [-0.05, 0) is 43.4 Å². The Morgan fingerprint density at radius 3 is 2.54 bits per heavy atom. The number of nitrogens with one attached hydrogen (secondary N) is 2. The van der Waals surface area contributed by atoms with Gasteiger partial charge in [-0.15, -0.1) is 24.0 Å². The zero-order chi connectivity index (χ0) is 17.5. The molecular weight excluding hydrogens is 446 g/mol. The summed E-state index contributed by atoms with van der Waals surface area (Å²) in [6.45, 7) is 7.79. The molecule has 1 aromatic carbocycles. The molecule has 1 heterocycles. The second kappa shape index (κ2) is 11.0. The van der Waals surface area contributed by atoms with Crippen molar-refractivity contribution in [3.8, 4) is 0 Å². The van der Waals surface area contributed by atoms with Crippen LogP contribution < -0.4 is 10.6 Å². The van der Waals surface area contributed by atoms with Crippen molar-refractivity contribution in [1.29, 1.82) is 0 Å². The normalized spacial score (nSPS) is 19.5. The summed E-state index contributed by atoms with van der Waals surface area (Å²) in [7, 11) is 0. The second-order valence-electron chi connectivity index (χ2n) is 6.76. The summed E-state index contributed by atoms with van der Waals surface area (Å²) in [4.78, 5) is 7.19. The topological polar surface area (TPSA) is 48.9 Å². The number of nitrogens with zero attached hydrogens (tertiary/aromatic N) is 2. The van der Waals surface area contributed by atoms with Crippen LogP contribution in [0.15, 0.2) is 29.3 Å². The number of guanidine groups is 1. The van der Waals surface area contributed by atoms with E-state index in [0.29, 0.717) is 6.54 Å². The zero-order valence-electron chi connectivity index (χ0n) is 15.4. The van der Waals surface area contributed by atoms with E-state index in [4.69, 9.17) is 9.73 Å². The lowest BCUT2D eigenvalue weighted by Crippen LogP contribution is -2.42. The van der Waals surface area contributed by atoms with Crippen LogP contribution in [0.2, 0.25) is 0 Å². The van der Waals surface area contributed by atoms with Crippen LogP contribution in [0.4, 0.5) is 4.39 Å². The van der Waals surface area contributed by atoms with Gasteiger partial charge in [0.15, 0.2) is 5.96 Å². The van der Waals surface area contributed by atoms with Crippen LogP contribution in [0, 0.1) is 11.7 Å². The second-order valence-corrected chi connectivity index (χ2v) is 6.76. The fourth-order valence-corrected chi connectivity index (χ4v) is 3.09. The van der Waals surface area contributed by atoms with Crippen molar-refractivity contribution in [2.45, 2.75) is 25.8 Å². The number of halogens is 2. The highest BCUT2D eigenvalue weighted by atomic mass is 127. The molecule has 1 atom stereocenters. The summed E-state index contributed by atoms with van der Waals surface area (Å²) in [5, 5.41) is 6.76. The number of ether oxygens (including phenoxy) is 1. The summed E-state index contributed by atoms with van der Waals surface area (Å²) in [5.74, 6) is 1.47. The van der Waals surface area contributed by atoms with Gasteiger partial charge in [0.2, 0.25) is 0 Å². The first-order valence-corrected chi connectivity index (χ1v) is 9.35. The smallest absolute Gasteiger partial charge is 0.191 e. The van der Waals surface area contributed by atoms with Crippen LogP contribution >= 0.6 is 24.0 Å². The van der Waals surface area contributed by atoms with E-state index in [2.05, 4.69) is 22.5 Å². The highest BCUT2D eigenvalue weighted by Gasteiger charge is 2.23. The predicted molar refractivity (Wildman–Crippen MR) is 114 cm³/mol. The van der Waals surface area contributed by atoms with Gasteiger partial charge in [0.05, 0.1) is 25.8 Å². The maximum Gasteiger partial charge on any atom is 0.191 e. The average molecular weight is 476 g/mol. The van der Waals surface area contributed by atoms with Crippen molar-refractivity contribution >= 4 is 29.9 Å². The number of benzene rings is 1. The molecule has 1 aliphatic carbocycles. The first-order valence-electron chi connectivity index (χ1n) is 9.35. The predicted octanol–water partition coefficient (Wildman–Crippen LogP) is 2.78. The minimum atomic E-state index is -0.201. The summed E-state index contributed by atoms with van der Waals surface area (Å²) in [6, 6.07) is 6.94. The van der Waals surface area contributed by atoms with Crippen molar-refractivity contribution in [3.05, 3.63) is 35.6 Å². The Kier molecular flexibility index (Phi) is 9.07. The van der Waals surface area contributed by atoms with Crippen molar-refractivity contribution in [2.24, 2.45) is 10.9 Å². The maximum atomic E-state index is 13.3. The highest BCUT2D eigenvalue weighted by molar-refractivity contribution is 14.0. The van der Waals surface area contributed by atoms with E-state index in [1.54, 1.807) is 0 Å². The molecule has 2 aliphatic rings. The van der Waals surface area contributed by atoms with Crippen molar-refractivity contribution in [2.75, 3.05) is 45.9 Å². The molecule has 1 saturated heterocycles.